The van der Waals surface area contributed by atoms with Crippen LogP contribution in [0.3, 0.4) is 0 Å². The van der Waals surface area contributed by atoms with E-state index in [1.54, 1.807) is 12.1 Å². The van der Waals surface area contributed by atoms with Crippen LogP contribution in [0.2, 0.25) is 0 Å². The Morgan fingerprint density at radius 1 is 1.32 bits per heavy atom. The number of amides is 1. The predicted molar refractivity (Wildman–Crippen MR) is 77.4 cm³/mol. The Bertz CT molecular complexity index is 444. The van der Waals surface area contributed by atoms with Crippen LogP contribution in [0.15, 0.2) is 22.7 Å². The summed E-state index contributed by atoms with van der Waals surface area (Å²) < 4.78 is 13.5. The Balaban J connectivity index is 1.78. The molecule has 1 saturated carbocycles. The predicted octanol–water partition coefficient (Wildman–Crippen LogP) is 3.83. The van der Waals surface area contributed by atoms with Crippen molar-refractivity contribution in [2.75, 3.05) is 6.54 Å². The summed E-state index contributed by atoms with van der Waals surface area (Å²) in [7, 11) is 0. The molecule has 104 valence electrons. The normalized spacial score (nSPS) is 16.3. The molecule has 19 heavy (non-hydrogen) atoms. The maximum Gasteiger partial charge on any atom is 0.224 e. The lowest BCUT2D eigenvalue weighted by molar-refractivity contribution is -0.120. The van der Waals surface area contributed by atoms with Gasteiger partial charge in [-0.2, -0.15) is 0 Å². The van der Waals surface area contributed by atoms with Crippen molar-refractivity contribution < 1.29 is 9.18 Å². The summed E-state index contributed by atoms with van der Waals surface area (Å²) in [5.74, 6) is 0.355. The Morgan fingerprint density at radius 2 is 2.05 bits per heavy atom. The van der Waals surface area contributed by atoms with Crippen molar-refractivity contribution in [2.45, 2.75) is 38.5 Å². The summed E-state index contributed by atoms with van der Waals surface area (Å²) in [6, 6.07) is 4.70. The minimum Gasteiger partial charge on any atom is -0.356 e. The van der Waals surface area contributed by atoms with E-state index < -0.39 is 0 Å². The average Bonchev–Trinajstić information content (AvgIpc) is 2.42. The molecule has 0 aromatic heterocycles. The first-order valence-corrected chi connectivity index (χ1v) is 7.65. The second kappa shape index (κ2) is 7.04. The molecule has 4 heteroatoms. The minimum absolute atomic E-state index is 0.0177. The smallest absolute Gasteiger partial charge is 0.224 e. The van der Waals surface area contributed by atoms with Crippen LogP contribution in [0.1, 0.15) is 37.7 Å². The zero-order chi connectivity index (χ0) is 13.7. The maximum atomic E-state index is 13.1. The molecule has 0 heterocycles. The number of nitrogens with one attached hydrogen (secondary N) is 1. The van der Waals surface area contributed by atoms with Crippen LogP contribution in [0, 0.1) is 11.7 Å². The summed E-state index contributed by atoms with van der Waals surface area (Å²) in [5.41, 5.74) is 0.828. The number of carbonyl (C=O) groups is 1. The van der Waals surface area contributed by atoms with Gasteiger partial charge in [0.15, 0.2) is 0 Å². The van der Waals surface area contributed by atoms with E-state index in [1.165, 1.54) is 38.2 Å². The van der Waals surface area contributed by atoms with E-state index in [0.717, 1.165) is 12.1 Å². The van der Waals surface area contributed by atoms with Crippen LogP contribution in [0.4, 0.5) is 4.39 Å². The third-order valence-electron chi connectivity index (χ3n) is 3.66. The van der Waals surface area contributed by atoms with Gasteiger partial charge in [0.1, 0.15) is 5.82 Å². The fraction of sp³-hybridized carbons (Fsp3) is 0.533. The molecule has 2 nitrogen and oxygen atoms in total. The zero-order valence-electron chi connectivity index (χ0n) is 10.9. The molecule has 1 N–H and O–H groups in total. The van der Waals surface area contributed by atoms with E-state index in [2.05, 4.69) is 21.2 Å². The van der Waals surface area contributed by atoms with E-state index in [1.807, 2.05) is 0 Å². The van der Waals surface area contributed by atoms with Crippen molar-refractivity contribution in [3.63, 3.8) is 0 Å². The molecule has 1 aliphatic rings. The molecule has 1 aromatic carbocycles. The van der Waals surface area contributed by atoms with Crippen molar-refractivity contribution in [3.05, 3.63) is 34.1 Å². The van der Waals surface area contributed by atoms with Crippen molar-refractivity contribution >= 4 is 21.8 Å². The van der Waals surface area contributed by atoms with Crippen LogP contribution in [-0.2, 0) is 11.2 Å². The minimum atomic E-state index is -0.300. The molecule has 1 aliphatic carbocycles. The van der Waals surface area contributed by atoms with Crippen LogP contribution in [0.5, 0.6) is 0 Å². The van der Waals surface area contributed by atoms with Gasteiger partial charge in [-0.3, -0.25) is 4.79 Å². The summed E-state index contributed by atoms with van der Waals surface area (Å²) in [6.07, 6.45) is 6.65. The van der Waals surface area contributed by atoms with Crippen LogP contribution in [0.25, 0.3) is 0 Å². The molecule has 0 atom stereocenters. The van der Waals surface area contributed by atoms with Crippen molar-refractivity contribution in [1.29, 1.82) is 0 Å². The lowest BCUT2D eigenvalue weighted by atomic mass is 9.89. The highest BCUT2D eigenvalue weighted by atomic mass is 79.9. The van der Waals surface area contributed by atoms with Gasteiger partial charge in [0.2, 0.25) is 5.91 Å². The molecule has 1 aromatic rings. The molecule has 0 unspecified atom stereocenters. The van der Waals surface area contributed by atoms with Gasteiger partial charge in [-0.1, -0.05) is 25.3 Å². The van der Waals surface area contributed by atoms with Crippen LogP contribution in [-0.4, -0.2) is 12.5 Å². The monoisotopic (exact) mass is 327 g/mol. The van der Waals surface area contributed by atoms with E-state index in [0.29, 0.717) is 16.8 Å². The lowest BCUT2D eigenvalue weighted by Crippen LogP contribution is -2.31. The summed E-state index contributed by atoms with van der Waals surface area (Å²) >= 11 is 3.13. The Hall–Kier alpha value is -0.900. The quantitative estimate of drug-likeness (QED) is 0.894. The molecule has 0 spiro atoms. The lowest BCUT2D eigenvalue weighted by Gasteiger charge is -2.21. The third-order valence-corrected chi connectivity index (χ3v) is 4.27. The van der Waals surface area contributed by atoms with Crippen molar-refractivity contribution in [2.24, 2.45) is 5.92 Å². The van der Waals surface area contributed by atoms with Gasteiger partial charge in [0, 0.05) is 6.54 Å². The Labute approximate surface area is 121 Å². The summed E-state index contributed by atoms with van der Waals surface area (Å²) in [5, 5.41) is 2.99. The number of halogens is 2. The molecule has 2 rings (SSSR count). The maximum absolute atomic E-state index is 13.1. The van der Waals surface area contributed by atoms with Crippen LogP contribution < -0.4 is 5.32 Å². The fourth-order valence-electron chi connectivity index (χ4n) is 2.55. The third kappa shape index (κ3) is 4.60. The summed E-state index contributed by atoms with van der Waals surface area (Å²) in [4.78, 5) is 11.8. The molecule has 0 aliphatic heterocycles. The largest absolute Gasteiger partial charge is 0.356 e. The molecular weight excluding hydrogens is 309 g/mol. The van der Waals surface area contributed by atoms with Crippen molar-refractivity contribution in [1.82, 2.24) is 5.32 Å². The first-order valence-electron chi connectivity index (χ1n) is 6.86. The number of benzene rings is 1. The molecular formula is C15H19BrFNO. The van der Waals surface area contributed by atoms with Gasteiger partial charge < -0.3 is 5.32 Å². The van der Waals surface area contributed by atoms with E-state index in [-0.39, 0.29) is 11.7 Å². The van der Waals surface area contributed by atoms with Gasteiger partial charge in [0.25, 0.3) is 0 Å². The first-order chi connectivity index (χ1) is 9.15. The zero-order valence-corrected chi connectivity index (χ0v) is 12.5. The Kier molecular flexibility index (Phi) is 5.37. The highest BCUT2D eigenvalue weighted by Gasteiger charge is 2.14. The van der Waals surface area contributed by atoms with Gasteiger partial charge in [-0.05, 0) is 52.4 Å². The SMILES string of the molecule is O=C(Cc1ccc(F)c(Br)c1)NCC1CCCCC1. The van der Waals surface area contributed by atoms with Crippen molar-refractivity contribution in [3.8, 4) is 0 Å². The number of rotatable bonds is 4. The summed E-state index contributed by atoms with van der Waals surface area (Å²) in [6.45, 7) is 0.779. The molecule has 1 amide bonds. The first kappa shape index (κ1) is 14.5. The highest BCUT2D eigenvalue weighted by molar-refractivity contribution is 9.10. The second-order valence-electron chi connectivity index (χ2n) is 5.23. The van der Waals surface area contributed by atoms with Gasteiger partial charge in [0.05, 0.1) is 10.9 Å². The standard InChI is InChI=1S/C15H19BrFNO/c16-13-8-12(6-7-14(13)17)9-15(19)18-10-11-4-2-1-3-5-11/h6-8,11H,1-5,9-10H2,(H,18,19). The molecule has 1 fully saturated rings. The van der Waals surface area contributed by atoms with E-state index in [9.17, 15) is 9.18 Å². The second-order valence-corrected chi connectivity index (χ2v) is 6.09. The molecule has 0 saturated heterocycles. The average molecular weight is 328 g/mol. The van der Waals surface area contributed by atoms with Gasteiger partial charge >= 0.3 is 0 Å². The Morgan fingerprint density at radius 3 is 2.74 bits per heavy atom. The van der Waals surface area contributed by atoms with E-state index >= 15 is 0 Å². The van der Waals surface area contributed by atoms with E-state index in [4.69, 9.17) is 0 Å². The number of hydrogen-bond donors (Lipinski definition) is 1. The molecule has 0 bridgehead atoms. The van der Waals surface area contributed by atoms with Gasteiger partial charge in [-0.15, -0.1) is 0 Å². The van der Waals surface area contributed by atoms with Gasteiger partial charge in [-0.25, -0.2) is 4.39 Å². The topological polar surface area (TPSA) is 29.1 Å². The fourth-order valence-corrected chi connectivity index (χ4v) is 2.97. The number of carbonyl (C=O) groups excluding carboxylic acids is 1. The molecule has 0 radical (unpaired) electrons. The highest BCUT2D eigenvalue weighted by Crippen LogP contribution is 2.22. The number of hydrogen-bond acceptors (Lipinski definition) is 1. The van der Waals surface area contributed by atoms with Crippen LogP contribution >= 0.6 is 15.9 Å².